The largest absolute Gasteiger partial charge is 0.389 e. The molecule has 1 saturated heterocycles. The fourth-order valence-corrected chi connectivity index (χ4v) is 2.35. The summed E-state index contributed by atoms with van der Waals surface area (Å²) in [5.41, 5.74) is 6.98. The second-order valence-electron chi connectivity index (χ2n) is 5.36. The fourth-order valence-electron chi connectivity index (χ4n) is 2.35. The number of nitrogens with two attached hydrogens (primary N) is 1. The molecule has 1 aromatic carbocycles. The Morgan fingerprint density at radius 1 is 1.44 bits per heavy atom. The van der Waals surface area contributed by atoms with E-state index in [0.717, 1.165) is 24.2 Å². The lowest BCUT2D eigenvalue weighted by atomic mass is 9.89. The van der Waals surface area contributed by atoms with Crippen LogP contribution in [0.3, 0.4) is 0 Å². The maximum Gasteiger partial charge on any atom is 0.225 e. The molecule has 4 heteroatoms. The quantitative estimate of drug-likeness (QED) is 0.850. The summed E-state index contributed by atoms with van der Waals surface area (Å²) in [6.07, 6.45) is 0.342. The Labute approximate surface area is 107 Å². The minimum absolute atomic E-state index is 0.231. The average Bonchev–Trinajstić information content (AvgIpc) is 2.73. The van der Waals surface area contributed by atoms with Gasteiger partial charge in [-0.2, -0.15) is 0 Å². The first-order valence-corrected chi connectivity index (χ1v) is 6.25. The summed E-state index contributed by atoms with van der Waals surface area (Å²) >= 11 is 0. The summed E-state index contributed by atoms with van der Waals surface area (Å²) in [6.45, 7) is 5.17. The molecule has 1 fully saturated rings. The van der Waals surface area contributed by atoms with Gasteiger partial charge in [0.1, 0.15) is 0 Å². The summed E-state index contributed by atoms with van der Waals surface area (Å²) in [6, 6.07) is 7.80. The van der Waals surface area contributed by atoms with Crippen LogP contribution in [0.4, 0.5) is 5.69 Å². The van der Waals surface area contributed by atoms with E-state index in [1.54, 1.807) is 6.92 Å². The lowest BCUT2D eigenvalue weighted by Gasteiger charge is -2.22. The first-order chi connectivity index (χ1) is 8.42. The molecule has 1 unspecified atom stereocenters. The number of hydrogen-bond acceptors (Lipinski definition) is 3. The molecule has 3 N–H and O–H groups in total. The summed E-state index contributed by atoms with van der Waals surface area (Å²) in [5, 5.41) is 9.46. The van der Waals surface area contributed by atoms with Gasteiger partial charge in [0.25, 0.3) is 0 Å². The molecule has 0 radical (unpaired) electrons. The van der Waals surface area contributed by atoms with E-state index in [2.05, 4.69) is 4.90 Å². The number of aliphatic hydroxyl groups is 1. The average molecular weight is 248 g/mol. The van der Waals surface area contributed by atoms with Gasteiger partial charge in [-0.15, -0.1) is 0 Å². The number of anilines is 1. The molecule has 1 aliphatic rings. The molecule has 4 nitrogen and oxygen atoms in total. The number of carbonyl (C=O) groups is 1. The molecule has 98 valence electrons. The second-order valence-corrected chi connectivity index (χ2v) is 5.36. The van der Waals surface area contributed by atoms with Crippen molar-refractivity contribution in [2.45, 2.75) is 26.4 Å². The van der Waals surface area contributed by atoms with Crippen molar-refractivity contribution in [3.05, 3.63) is 29.8 Å². The highest BCUT2D eigenvalue weighted by Crippen LogP contribution is 2.33. The SMILES string of the molecule is C[C@@H](O)c1ccc(N2CCC(C)(C(N)=O)C2)cc1. The lowest BCUT2D eigenvalue weighted by molar-refractivity contribution is -0.125. The lowest BCUT2D eigenvalue weighted by Crippen LogP contribution is -2.37. The molecule has 1 aromatic rings. The third kappa shape index (κ3) is 2.34. The van der Waals surface area contributed by atoms with Gasteiger partial charge in [0.05, 0.1) is 11.5 Å². The Kier molecular flexibility index (Phi) is 3.30. The van der Waals surface area contributed by atoms with Gasteiger partial charge in [0, 0.05) is 18.8 Å². The number of hydrogen-bond donors (Lipinski definition) is 2. The number of benzene rings is 1. The number of amides is 1. The van der Waals surface area contributed by atoms with E-state index < -0.39 is 11.5 Å². The van der Waals surface area contributed by atoms with Gasteiger partial charge in [0.2, 0.25) is 5.91 Å². The smallest absolute Gasteiger partial charge is 0.225 e. The van der Waals surface area contributed by atoms with Crippen LogP contribution < -0.4 is 10.6 Å². The van der Waals surface area contributed by atoms with Crippen molar-refractivity contribution >= 4 is 11.6 Å². The summed E-state index contributed by atoms with van der Waals surface area (Å²) < 4.78 is 0. The van der Waals surface area contributed by atoms with Crippen LogP contribution in [-0.4, -0.2) is 24.1 Å². The predicted octanol–water partition coefficient (Wildman–Crippen LogP) is 1.44. The molecule has 1 aliphatic heterocycles. The van der Waals surface area contributed by atoms with Crippen LogP contribution >= 0.6 is 0 Å². The maximum atomic E-state index is 11.4. The fraction of sp³-hybridized carbons (Fsp3) is 0.500. The first-order valence-electron chi connectivity index (χ1n) is 6.25. The molecule has 0 aromatic heterocycles. The van der Waals surface area contributed by atoms with Crippen LogP contribution in [0.2, 0.25) is 0 Å². The van der Waals surface area contributed by atoms with Crippen molar-refractivity contribution < 1.29 is 9.90 Å². The Bertz CT molecular complexity index is 442. The highest BCUT2D eigenvalue weighted by atomic mass is 16.3. The summed E-state index contributed by atoms with van der Waals surface area (Å²) in [4.78, 5) is 13.6. The monoisotopic (exact) mass is 248 g/mol. The Hall–Kier alpha value is -1.55. The number of primary amides is 1. The first kappa shape index (κ1) is 12.9. The Morgan fingerprint density at radius 2 is 2.06 bits per heavy atom. The van der Waals surface area contributed by atoms with E-state index in [1.807, 2.05) is 31.2 Å². The Balaban J connectivity index is 2.12. The topological polar surface area (TPSA) is 66.6 Å². The number of nitrogens with zero attached hydrogens (tertiary/aromatic N) is 1. The molecule has 2 rings (SSSR count). The summed E-state index contributed by atoms with van der Waals surface area (Å²) in [7, 11) is 0. The van der Waals surface area contributed by atoms with E-state index in [9.17, 15) is 9.90 Å². The zero-order valence-corrected chi connectivity index (χ0v) is 10.9. The third-order valence-corrected chi connectivity index (χ3v) is 3.81. The molecule has 0 aliphatic carbocycles. The molecular weight excluding hydrogens is 228 g/mol. The van der Waals surface area contributed by atoms with Crippen molar-refractivity contribution in [3.8, 4) is 0 Å². The zero-order valence-electron chi connectivity index (χ0n) is 10.9. The Morgan fingerprint density at radius 3 is 2.50 bits per heavy atom. The zero-order chi connectivity index (χ0) is 13.3. The van der Waals surface area contributed by atoms with Crippen molar-refractivity contribution in [2.24, 2.45) is 11.1 Å². The molecule has 0 bridgehead atoms. The number of carbonyl (C=O) groups excluding carboxylic acids is 1. The minimum atomic E-state index is -0.450. The van der Waals surface area contributed by atoms with Crippen LogP contribution in [0.5, 0.6) is 0 Å². The standard InChI is InChI=1S/C14H20N2O2/c1-10(17)11-3-5-12(6-4-11)16-8-7-14(2,9-16)13(15)18/h3-6,10,17H,7-9H2,1-2H3,(H2,15,18)/t10-,14?/m1/s1. The van der Waals surface area contributed by atoms with E-state index in [4.69, 9.17) is 5.73 Å². The molecular formula is C14H20N2O2. The number of aliphatic hydroxyl groups excluding tert-OH is 1. The molecule has 1 heterocycles. The van der Waals surface area contributed by atoms with E-state index in [0.29, 0.717) is 6.54 Å². The van der Waals surface area contributed by atoms with Crippen molar-refractivity contribution in [1.29, 1.82) is 0 Å². The van der Waals surface area contributed by atoms with Gasteiger partial charge >= 0.3 is 0 Å². The van der Waals surface area contributed by atoms with Crippen LogP contribution in [0.1, 0.15) is 31.9 Å². The summed E-state index contributed by atoms with van der Waals surface area (Å²) in [5.74, 6) is -0.231. The molecule has 0 spiro atoms. The van der Waals surface area contributed by atoms with E-state index in [1.165, 1.54) is 0 Å². The van der Waals surface area contributed by atoms with E-state index >= 15 is 0 Å². The highest BCUT2D eigenvalue weighted by Gasteiger charge is 2.38. The normalized spacial score (nSPS) is 25.2. The van der Waals surface area contributed by atoms with Crippen LogP contribution in [0, 0.1) is 5.41 Å². The molecule has 2 atom stereocenters. The van der Waals surface area contributed by atoms with Crippen LogP contribution in [0.15, 0.2) is 24.3 Å². The van der Waals surface area contributed by atoms with Crippen molar-refractivity contribution in [2.75, 3.05) is 18.0 Å². The second kappa shape index (κ2) is 4.61. The van der Waals surface area contributed by atoms with Gasteiger partial charge < -0.3 is 15.7 Å². The van der Waals surface area contributed by atoms with Gasteiger partial charge in [-0.3, -0.25) is 4.79 Å². The molecule has 0 saturated carbocycles. The molecule has 18 heavy (non-hydrogen) atoms. The third-order valence-electron chi connectivity index (χ3n) is 3.81. The van der Waals surface area contributed by atoms with Gasteiger partial charge in [-0.25, -0.2) is 0 Å². The van der Waals surface area contributed by atoms with Crippen LogP contribution in [-0.2, 0) is 4.79 Å². The minimum Gasteiger partial charge on any atom is -0.389 e. The van der Waals surface area contributed by atoms with Crippen molar-refractivity contribution in [3.63, 3.8) is 0 Å². The predicted molar refractivity (Wildman–Crippen MR) is 71.2 cm³/mol. The molecule has 1 amide bonds. The van der Waals surface area contributed by atoms with Crippen molar-refractivity contribution in [1.82, 2.24) is 0 Å². The van der Waals surface area contributed by atoms with Gasteiger partial charge in [-0.05, 0) is 38.0 Å². The van der Waals surface area contributed by atoms with E-state index in [-0.39, 0.29) is 5.91 Å². The maximum absolute atomic E-state index is 11.4. The number of rotatable bonds is 3. The van der Waals surface area contributed by atoms with Gasteiger partial charge in [0.15, 0.2) is 0 Å². The van der Waals surface area contributed by atoms with Gasteiger partial charge in [-0.1, -0.05) is 12.1 Å². The van der Waals surface area contributed by atoms with Crippen LogP contribution in [0.25, 0.3) is 0 Å². The highest BCUT2D eigenvalue weighted by molar-refractivity contribution is 5.82.